The van der Waals surface area contributed by atoms with Gasteiger partial charge in [0.15, 0.2) is 0 Å². The molecule has 3 aromatic rings. The topological polar surface area (TPSA) is 51.8 Å². The van der Waals surface area contributed by atoms with Crippen molar-refractivity contribution in [3.05, 3.63) is 54.4 Å². The second-order valence-corrected chi connectivity index (χ2v) is 4.28. The van der Waals surface area contributed by atoms with Gasteiger partial charge in [-0.3, -0.25) is 9.97 Å². The molecule has 0 fully saturated rings. The number of nitrogen functional groups attached to an aromatic ring is 1. The molecule has 3 nitrogen and oxygen atoms in total. The molecule has 0 amide bonds. The summed E-state index contributed by atoms with van der Waals surface area (Å²) in [6, 6.07) is 12.0. The third-order valence-electron chi connectivity index (χ3n) is 3.16. The van der Waals surface area contributed by atoms with Gasteiger partial charge in [-0.15, -0.1) is 0 Å². The lowest BCUT2D eigenvalue weighted by atomic mass is 9.99. The van der Waals surface area contributed by atoms with Gasteiger partial charge in [-0.2, -0.15) is 0 Å². The van der Waals surface area contributed by atoms with Gasteiger partial charge in [0.1, 0.15) is 0 Å². The number of benzene rings is 2. The van der Waals surface area contributed by atoms with Gasteiger partial charge in [-0.25, -0.2) is 0 Å². The summed E-state index contributed by atoms with van der Waals surface area (Å²) in [7, 11) is 0. The Labute approximate surface area is 105 Å². The Kier molecular flexibility index (Phi) is 2.45. The Morgan fingerprint density at radius 3 is 2.56 bits per heavy atom. The van der Waals surface area contributed by atoms with E-state index >= 15 is 0 Å². The smallest absolute Gasteiger partial charge is 0.0892 e. The summed E-state index contributed by atoms with van der Waals surface area (Å²) in [4.78, 5) is 8.59. The summed E-state index contributed by atoms with van der Waals surface area (Å²) in [6.45, 7) is 2.03. The highest BCUT2D eigenvalue weighted by atomic mass is 14.8. The van der Waals surface area contributed by atoms with Gasteiger partial charge in [-0.05, 0) is 41.8 Å². The molecule has 88 valence electrons. The van der Waals surface area contributed by atoms with Crippen molar-refractivity contribution < 1.29 is 0 Å². The van der Waals surface area contributed by atoms with Crippen LogP contribution < -0.4 is 5.73 Å². The van der Waals surface area contributed by atoms with Crippen LogP contribution in [0.2, 0.25) is 0 Å². The average Bonchev–Trinajstić information content (AvgIpc) is 2.41. The molecule has 0 saturated heterocycles. The van der Waals surface area contributed by atoms with Gasteiger partial charge in [0, 0.05) is 18.1 Å². The number of aromatic nitrogens is 2. The average molecular weight is 235 g/mol. The second-order valence-electron chi connectivity index (χ2n) is 4.28. The number of anilines is 1. The van der Waals surface area contributed by atoms with E-state index in [4.69, 9.17) is 5.73 Å². The van der Waals surface area contributed by atoms with Crippen LogP contribution in [0.25, 0.3) is 22.2 Å². The van der Waals surface area contributed by atoms with Crippen LogP contribution in [-0.2, 0) is 0 Å². The molecule has 0 spiro atoms. The first-order chi connectivity index (χ1) is 8.75. The largest absolute Gasteiger partial charge is 0.398 e. The fourth-order valence-electron chi connectivity index (χ4n) is 2.10. The number of hydrogen-bond acceptors (Lipinski definition) is 3. The molecular weight excluding hydrogens is 222 g/mol. The fraction of sp³-hybridized carbons (Fsp3) is 0.0667. The van der Waals surface area contributed by atoms with Gasteiger partial charge in [0.05, 0.1) is 11.0 Å². The van der Waals surface area contributed by atoms with Crippen molar-refractivity contribution in [3.8, 4) is 11.1 Å². The summed E-state index contributed by atoms with van der Waals surface area (Å²) in [5, 5.41) is 0. The van der Waals surface area contributed by atoms with E-state index in [-0.39, 0.29) is 0 Å². The van der Waals surface area contributed by atoms with Crippen LogP contribution in [0, 0.1) is 6.92 Å². The molecule has 0 bridgehead atoms. The van der Waals surface area contributed by atoms with E-state index in [9.17, 15) is 0 Å². The van der Waals surface area contributed by atoms with E-state index in [0.29, 0.717) is 0 Å². The summed E-state index contributed by atoms with van der Waals surface area (Å²) >= 11 is 0. The second kappa shape index (κ2) is 4.11. The molecule has 0 aliphatic heterocycles. The van der Waals surface area contributed by atoms with Crippen molar-refractivity contribution in [1.29, 1.82) is 0 Å². The molecule has 0 aliphatic rings. The van der Waals surface area contributed by atoms with E-state index in [0.717, 1.165) is 33.4 Å². The lowest BCUT2D eigenvalue weighted by Gasteiger charge is -2.09. The molecule has 0 radical (unpaired) electrons. The highest BCUT2D eigenvalue weighted by Crippen LogP contribution is 2.28. The molecule has 0 aliphatic carbocycles. The van der Waals surface area contributed by atoms with E-state index in [1.807, 2.05) is 31.2 Å². The molecule has 0 atom stereocenters. The molecule has 2 aromatic carbocycles. The summed E-state index contributed by atoms with van der Waals surface area (Å²) in [5.74, 6) is 0. The van der Waals surface area contributed by atoms with Crippen LogP contribution >= 0.6 is 0 Å². The molecule has 2 N–H and O–H groups in total. The molecule has 1 aromatic heterocycles. The maximum atomic E-state index is 5.94. The highest BCUT2D eigenvalue weighted by Gasteiger charge is 2.05. The van der Waals surface area contributed by atoms with Crippen molar-refractivity contribution in [3.63, 3.8) is 0 Å². The standard InChI is InChI=1S/C15H13N3/c1-10-12(3-2-4-13(10)16)11-5-6-14-15(9-11)18-8-7-17-14/h2-9H,16H2,1H3. The van der Waals surface area contributed by atoms with Gasteiger partial charge >= 0.3 is 0 Å². The van der Waals surface area contributed by atoms with Crippen molar-refractivity contribution in [2.75, 3.05) is 5.73 Å². The van der Waals surface area contributed by atoms with Gasteiger partial charge < -0.3 is 5.73 Å². The Balaban J connectivity index is 2.22. The number of nitrogens with zero attached hydrogens (tertiary/aromatic N) is 2. The zero-order valence-electron chi connectivity index (χ0n) is 10.1. The Morgan fingerprint density at radius 1 is 0.944 bits per heavy atom. The zero-order valence-corrected chi connectivity index (χ0v) is 10.1. The lowest BCUT2D eigenvalue weighted by molar-refractivity contribution is 1.29. The van der Waals surface area contributed by atoms with Gasteiger partial charge in [-0.1, -0.05) is 18.2 Å². The van der Waals surface area contributed by atoms with Crippen LogP contribution in [0.15, 0.2) is 48.8 Å². The number of fused-ring (bicyclic) bond motifs is 1. The van der Waals surface area contributed by atoms with Gasteiger partial charge in [0.25, 0.3) is 0 Å². The Bertz CT molecular complexity index is 720. The highest BCUT2D eigenvalue weighted by molar-refractivity contribution is 5.83. The van der Waals surface area contributed by atoms with E-state index in [1.165, 1.54) is 0 Å². The zero-order chi connectivity index (χ0) is 12.5. The lowest BCUT2D eigenvalue weighted by Crippen LogP contribution is -1.92. The molecule has 0 saturated carbocycles. The molecule has 18 heavy (non-hydrogen) atoms. The van der Waals surface area contributed by atoms with E-state index in [2.05, 4.69) is 22.1 Å². The first-order valence-electron chi connectivity index (χ1n) is 5.82. The van der Waals surface area contributed by atoms with Crippen LogP contribution in [-0.4, -0.2) is 9.97 Å². The number of rotatable bonds is 1. The summed E-state index contributed by atoms with van der Waals surface area (Å²) in [5.41, 5.74) is 11.9. The Morgan fingerprint density at radius 2 is 1.72 bits per heavy atom. The predicted molar refractivity (Wildman–Crippen MR) is 74.1 cm³/mol. The third-order valence-corrected chi connectivity index (χ3v) is 3.16. The van der Waals surface area contributed by atoms with Gasteiger partial charge in [0.2, 0.25) is 0 Å². The maximum Gasteiger partial charge on any atom is 0.0892 e. The SMILES string of the molecule is Cc1c(N)cccc1-c1ccc2nccnc2c1. The minimum atomic E-state index is 0.812. The maximum absolute atomic E-state index is 5.94. The van der Waals surface area contributed by atoms with Crippen molar-refractivity contribution in [2.24, 2.45) is 0 Å². The monoisotopic (exact) mass is 235 g/mol. The summed E-state index contributed by atoms with van der Waals surface area (Å²) < 4.78 is 0. The third kappa shape index (κ3) is 1.70. The molecule has 3 rings (SSSR count). The number of hydrogen-bond donors (Lipinski definition) is 1. The van der Waals surface area contributed by atoms with E-state index in [1.54, 1.807) is 12.4 Å². The Hall–Kier alpha value is -2.42. The molecular formula is C15H13N3. The molecule has 3 heteroatoms. The summed E-state index contributed by atoms with van der Waals surface area (Å²) in [6.07, 6.45) is 3.41. The minimum Gasteiger partial charge on any atom is -0.398 e. The van der Waals surface area contributed by atoms with Crippen LogP contribution in [0.5, 0.6) is 0 Å². The molecule has 1 heterocycles. The normalized spacial score (nSPS) is 10.7. The quantitative estimate of drug-likeness (QED) is 0.659. The van der Waals surface area contributed by atoms with Crippen LogP contribution in [0.1, 0.15) is 5.56 Å². The van der Waals surface area contributed by atoms with Crippen molar-refractivity contribution in [1.82, 2.24) is 9.97 Å². The first-order valence-corrected chi connectivity index (χ1v) is 5.82. The predicted octanol–water partition coefficient (Wildman–Crippen LogP) is 3.19. The van der Waals surface area contributed by atoms with E-state index < -0.39 is 0 Å². The molecule has 0 unspecified atom stereocenters. The van der Waals surface area contributed by atoms with Crippen LogP contribution in [0.4, 0.5) is 5.69 Å². The van der Waals surface area contributed by atoms with Crippen molar-refractivity contribution in [2.45, 2.75) is 6.92 Å². The van der Waals surface area contributed by atoms with Crippen LogP contribution in [0.3, 0.4) is 0 Å². The number of nitrogens with two attached hydrogens (primary N) is 1. The minimum absolute atomic E-state index is 0.812. The van der Waals surface area contributed by atoms with Crippen molar-refractivity contribution >= 4 is 16.7 Å². The first kappa shape index (κ1) is 10.7. The fourth-order valence-corrected chi connectivity index (χ4v) is 2.10.